The molecule has 10 nitrogen and oxygen atoms in total. The van der Waals surface area contributed by atoms with Crippen molar-refractivity contribution in [1.82, 2.24) is 19.2 Å². The molecule has 2 aromatic rings. The lowest BCUT2D eigenvalue weighted by molar-refractivity contribution is 0.0330. The number of carbonyl (C=O) groups is 1. The fourth-order valence-electron chi connectivity index (χ4n) is 4.51. The van der Waals surface area contributed by atoms with Crippen LogP contribution in [-0.2, 0) is 14.8 Å². The van der Waals surface area contributed by atoms with Gasteiger partial charge in [0, 0.05) is 38.9 Å². The van der Waals surface area contributed by atoms with Crippen LogP contribution in [0.5, 0.6) is 6.01 Å². The number of methoxy groups -OCH3 is 1. The smallest absolute Gasteiger partial charge is 0.410 e. The van der Waals surface area contributed by atoms with E-state index in [4.69, 9.17) is 32.7 Å². The lowest BCUT2D eigenvalue weighted by Gasteiger charge is -2.38. The van der Waals surface area contributed by atoms with Gasteiger partial charge < -0.3 is 19.3 Å². The maximum absolute atomic E-state index is 13.2. The van der Waals surface area contributed by atoms with E-state index in [1.807, 2.05) is 6.07 Å². The van der Waals surface area contributed by atoms with Crippen molar-refractivity contribution in [2.45, 2.75) is 42.7 Å². The number of carbonyl (C=O) groups excluding carboxylic acids is 1. The molecule has 3 heterocycles. The number of rotatable bonds is 6. The van der Waals surface area contributed by atoms with Gasteiger partial charge in [0.1, 0.15) is 16.8 Å². The van der Waals surface area contributed by atoms with Gasteiger partial charge in [0.25, 0.3) is 0 Å². The first-order valence-corrected chi connectivity index (χ1v) is 13.9. The molecule has 2 aliphatic heterocycles. The Kier molecular flexibility index (Phi) is 8.44. The maximum Gasteiger partial charge on any atom is 0.410 e. The van der Waals surface area contributed by atoms with Crippen LogP contribution < -0.4 is 9.64 Å². The van der Waals surface area contributed by atoms with E-state index >= 15 is 0 Å². The highest BCUT2D eigenvalue weighted by Gasteiger charge is 2.35. The molecule has 1 amide bonds. The highest BCUT2D eigenvalue weighted by molar-refractivity contribution is 7.89. The van der Waals surface area contributed by atoms with Gasteiger partial charge in [-0.3, -0.25) is 0 Å². The van der Waals surface area contributed by atoms with Crippen LogP contribution in [0.15, 0.2) is 35.4 Å². The van der Waals surface area contributed by atoms with Gasteiger partial charge in [-0.15, -0.1) is 0 Å². The van der Waals surface area contributed by atoms with E-state index in [2.05, 4.69) is 14.9 Å². The molecular formula is C23H29Cl2N5O5S. The third-order valence-electron chi connectivity index (χ3n) is 6.57. The largest absolute Gasteiger partial charge is 0.467 e. The van der Waals surface area contributed by atoms with Gasteiger partial charge in [0.15, 0.2) is 0 Å². The first-order chi connectivity index (χ1) is 17.2. The predicted octanol–water partition coefficient (Wildman–Crippen LogP) is 3.68. The normalized spacial score (nSPS) is 19.7. The minimum absolute atomic E-state index is 0.00572. The second-order valence-corrected chi connectivity index (χ2v) is 11.5. The predicted molar refractivity (Wildman–Crippen MR) is 136 cm³/mol. The molecular weight excluding hydrogens is 529 g/mol. The summed E-state index contributed by atoms with van der Waals surface area (Å²) in [4.78, 5) is 25.0. The fourth-order valence-corrected chi connectivity index (χ4v) is 6.75. The van der Waals surface area contributed by atoms with Crippen molar-refractivity contribution in [2.24, 2.45) is 0 Å². The summed E-state index contributed by atoms with van der Waals surface area (Å²) < 4.78 is 38.5. The first kappa shape index (κ1) is 26.7. The van der Waals surface area contributed by atoms with Gasteiger partial charge in [0.05, 0.1) is 23.7 Å². The Hall–Kier alpha value is -2.34. The number of sulfonamides is 1. The molecule has 0 bridgehead atoms. The number of nitrogens with zero attached hydrogens (tertiary/aromatic N) is 5. The molecule has 4 rings (SSSR count). The van der Waals surface area contributed by atoms with Crippen LogP contribution >= 0.6 is 23.2 Å². The Labute approximate surface area is 221 Å². The van der Waals surface area contributed by atoms with Crippen molar-refractivity contribution in [3.63, 3.8) is 0 Å². The number of aromatic nitrogens is 2. The molecule has 1 unspecified atom stereocenters. The fraction of sp³-hybridized carbons (Fsp3) is 0.522. The second-order valence-electron chi connectivity index (χ2n) is 8.79. The minimum atomic E-state index is -3.88. The van der Waals surface area contributed by atoms with Crippen LogP contribution in [0.1, 0.15) is 25.7 Å². The standard InChI is InChI=1S/C23H29Cl2N5O5S/c1-28(16-9-13-29(14-10-16)20-8-11-26-22(27-20)34-2)23(31)35-17-5-4-12-30(15-17)36(32,33)19-7-3-6-18(24)21(19)25/h3,6-8,11,16-17H,4-5,9-10,12-15H2,1-2H3. The number of ether oxygens (including phenoxy) is 2. The molecule has 2 fully saturated rings. The quantitative estimate of drug-likeness (QED) is 0.529. The highest BCUT2D eigenvalue weighted by atomic mass is 35.5. The number of hydrogen-bond acceptors (Lipinski definition) is 8. The van der Waals surface area contributed by atoms with Gasteiger partial charge >= 0.3 is 12.1 Å². The van der Waals surface area contributed by atoms with E-state index in [1.54, 1.807) is 24.2 Å². The molecule has 0 radical (unpaired) electrons. The van der Waals surface area contributed by atoms with Crippen molar-refractivity contribution >= 4 is 45.1 Å². The Morgan fingerprint density at radius 2 is 1.89 bits per heavy atom. The number of halogens is 2. The zero-order valence-corrected chi connectivity index (χ0v) is 22.5. The van der Waals surface area contributed by atoms with Gasteiger partial charge in [0.2, 0.25) is 10.0 Å². The number of benzene rings is 1. The van der Waals surface area contributed by atoms with E-state index in [9.17, 15) is 13.2 Å². The van der Waals surface area contributed by atoms with Crippen LogP contribution in [-0.4, -0.2) is 86.2 Å². The zero-order chi connectivity index (χ0) is 25.9. The summed E-state index contributed by atoms with van der Waals surface area (Å²) in [7, 11) is -0.626. The first-order valence-electron chi connectivity index (χ1n) is 11.7. The third kappa shape index (κ3) is 5.80. The van der Waals surface area contributed by atoms with Crippen molar-refractivity contribution in [1.29, 1.82) is 0 Å². The molecule has 0 spiro atoms. The molecule has 0 saturated carbocycles. The number of anilines is 1. The average molecular weight is 558 g/mol. The summed E-state index contributed by atoms with van der Waals surface area (Å²) in [6, 6.07) is 6.66. The monoisotopic (exact) mass is 557 g/mol. The van der Waals surface area contributed by atoms with Crippen LogP contribution in [0.25, 0.3) is 0 Å². The summed E-state index contributed by atoms with van der Waals surface area (Å²) in [5, 5.41) is 0.161. The second kappa shape index (κ2) is 11.4. The van der Waals surface area contributed by atoms with Gasteiger partial charge in [-0.2, -0.15) is 9.29 Å². The summed E-state index contributed by atoms with van der Waals surface area (Å²) in [6.07, 6.45) is 3.30. The summed E-state index contributed by atoms with van der Waals surface area (Å²) in [5.74, 6) is 0.786. The van der Waals surface area contributed by atoms with Crippen LogP contribution in [0.4, 0.5) is 10.6 Å². The molecule has 0 N–H and O–H groups in total. The van der Waals surface area contributed by atoms with E-state index in [0.29, 0.717) is 25.4 Å². The lowest BCUT2D eigenvalue weighted by atomic mass is 10.0. The van der Waals surface area contributed by atoms with Crippen LogP contribution in [0.2, 0.25) is 10.0 Å². The Morgan fingerprint density at radius 3 is 2.61 bits per heavy atom. The number of piperidine rings is 2. The molecule has 2 aliphatic rings. The van der Waals surface area contributed by atoms with Gasteiger partial charge in [-0.1, -0.05) is 29.3 Å². The minimum Gasteiger partial charge on any atom is -0.467 e. The van der Waals surface area contributed by atoms with E-state index < -0.39 is 22.2 Å². The average Bonchev–Trinajstić information content (AvgIpc) is 2.90. The molecule has 1 aromatic heterocycles. The van der Waals surface area contributed by atoms with Crippen molar-refractivity contribution in [3.05, 3.63) is 40.5 Å². The number of amides is 1. The zero-order valence-electron chi connectivity index (χ0n) is 20.1. The Morgan fingerprint density at radius 1 is 1.14 bits per heavy atom. The van der Waals surface area contributed by atoms with Crippen molar-refractivity contribution in [2.75, 3.05) is 45.2 Å². The molecule has 36 heavy (non-hydrogen) atoms. The molecule has 1 aromatic carbocycles. The molecule has 13 heteroatoms. The van der Waals surface area contributed by atoms with Crippen LogP contribution in [0, 0.1) is 0 Å². The Bertz CT molecular complexity index is 1190. The highest BCUT2D eigenvalue weighted by Crippen LogP contribution is 2.32. The van der Waals surface area contributed by atoms with E-state index in [0.717, 1.165) is 31.7 Å². The topological polar surface area (TPSA) is 105 Å². The Balaban J connectivity index is 1.33. The van der Waals surface area contributed by atoms with Gasteiger partial charge in [-0.25, -0.2) is 18.2 Å². The van der Waals surface area contributed by atoms with Crippen molar-refractivity contribution < 1.29 is 22.7 Å². The summed E-state index contributed by atoms with van der Waals surface area (Å²) in [5.41, 5.74) is 0. The lowest BCUT2D eigenvalue weighted by Crippen LogP contribution is -2.49. The molecule has 1 atom stereocenters. The van der Waals surface area contributed by atoms with E-state index in [1.165, 1.54) is 23.5 Å². The maximum atomic E-state index is 13.2. The SMILES string of the molecule is COc1nccc(N2CCC(N(C)C(=O)OC3CCCN(S(=O)(=O)c4cccc(Cl)c4Cl)C3)CC2)n1. The van der Waals surface area contributed by atoms with Crippen LogP contribution in [0.3, 0.4) is 0 Å². The molecule has 0 aliphatic carbocycles. The third-order valence-corrected chi connectivity index (χ3v) is 9.41. The number of hydrogen-bond donors (Lipinski definition) is 0. The summed E-state index contributed by atoms with van der Waals surface area (Å²) >= 11 is 12.2. The van der Waals surface area contributed by atoms with Crippen molar-refractivity contribution in [3.8, 4) is 6.01 Å². The molecule has 2 saturated heterocycles. The summed E-state index contributed by atoms with van der Waals surface area (Å²) in [6.45, 7) is 1.83. The van der Waals surface area contributed by atoms with Gasteiger partial charge in [-0.05, 0) is 43.9 Å². The van der Waals surface area contributed by atoms with E-state index in [-0.39, 0.29) is 27.5 Å². The molecule has 196 valence electrons.